The number of carbonyl (C=O) groups is 2. The maximum atomic E-state index is 12.4. The molecular formula is C21H21N7O3. The minimum absolute atomic E-state index is 0.00481. The highest BCUT2D eigenvalue weighted by Crippen LogP contribution is 2.26. The second-order valence-corrected chi connectivity index (χ2v) is 7.68. The molecule has 2 fully saturated rings. The summed E-state index contributed by atoms with van der Waals surface area (Å²) in [4.78, 5) is 34.9. The molecule has 0 aliphatic carbocycles. The second kappa shape index (κ2) is 8.23. The van der Waals surface area contributed by atoms with E-state index in [0.717, 1.165) is 5.56 Å². The van der Waals surface area contributed by atoms with E-state index in [1.54, 1.807) is 0 Å². The molecule has 4 heterocycles. The molecule has 10 nitrogen and oxygen atoms in total. The second-order valence-electron chi connectivity index (χ2n) is 7.68. The quantitative estimate of drug-likeness (QED) is 0.610. The molecule has 0 bridgehead atoms. The van der Waals surface area contributed by atoms with Gasteiger partial charge in [-0.1, -0.05) is 18.2 Å². The van der Waals surface area contributed by atoms with Gasteiger partial charge in [-0.15, -0.1) is 10.2 Å². The molecule has 2 N–H and O–H groups in total. The Bertz CT molecular complexity index is 1070. The highest BCUT2D eigenvalue weighted by molar-refractivity contribution is 5.92. The molecule has 158 valence electrons. The van der Waals surface area contributed by atoms with Crippen LogP contribution in [0.5, 0.6) is 0 Å². The molecule has 0 saturated carbocycles. The molecule has 0 spiro atoms. The monoisotopic (exact) mass is 419 g/mol. The molecule has 10 heteroatoms. The minimum Gasteiger partial charge on any atom is -0.421 e. The molecule has 3 aromatic rings. The number of fused-ring (bicyclic) bond motifs is 1. The fraction of sp³-hybridized carbons (Fsp3) is 0.333. The van der Waals surface area contributed by atoms with Gasteiger partial charge in [-0.2, -0.15) is 0 Å². The van der Waals surface area contributed by atoms with Crippen LogP contribution in [0.25, 0.3) is 11.5 Å². The SMILES string of the molecule is O=C(N[C@H]1C[C@H]2C(=O)NC[C@@H](Cc3nnc(-c4ccccc4)o3)N2C1)c1cnccn1. The summed E-state index contributed by atoms with van der Waals surface area (Å²) < 4.78 is 5.85. The summed E-state index contributed by atoms with van der Waals surface area (Å²) in [6, 6.07) is 9.14. The van der Waals surface area contributed by atoms with Crippen LogP contribution in [0.15, 0.2) is 53.3 Å². The summed E-state index contributed by atoms with van der Waals surface area (Å²) in [6.07, 6.45) is 5.47. The van der Waals surface area contributed by atoms with Crippen molar-refractivity contribution in [2.75, 3.05) is 13.1 Å². The van der Waals surface area contributed by atoms with Crippen molar-refractivity contribution in [3.8, 4) is 11.5 Å². The Labute approximate surface area is 178 Å². The van der Waals surface area contributed by atoms with Crippen molar-refractivity contribution in [2.45, 2.75) is 31.0 Å². The van der Waals surface area contributed by atoms with Crippen LogP contribution in [-0.4, -0.2) is 68.1 Å². The zero-order chi connectivity index (χ0) is 21.2. The molecule has 2 saturated heterocycles. The zero-order valence-corrected chi connectivity index (χ0v) is 16.6. The largest absolute Gasteiger partial charge is 0.421 e. The van der Waals surface area contributed by atoms with Crippen LogP contribution in [0.2, 0.25) is 0 Å². The van der Waals surface area contributed by atoms with Crippen LogP contribution < -0.4 is 10.6 Å². The van der Waals surface area contributed by atoms with E-state index in [-0.39, 0.29) is 35.6 Å². The van der Waals surface area contributed by atoms with Gasteiger partial charge in [0.05, 0.1) is 12.2 Å². The van der Waals surface area contributed by atoms with E-state index < -0.39 is 0 Å². The summed E-state index contributed by atoms with van der Waals surface area (Å²) in [7, 11) is 0. The van der Waals surface area contributed by atoms with Crippen LogP contribution in [-0.2, 0) is 11.2 Å². The van der Waals surface area contributed by atoms with Gasteiger partial charge in [0.25, 0.3) is 5.91 Å². The fourth-order valence-electron chi connectivity index (χ4n) is 4.18. The molecule has 2 amide bonds. The number of nitrogens with one attached hydrogen (secondary N) is 2. The highest BCUT2D eigenvalue weighted by Gasteiger charge is 2.44. The number of hydrogen-bond donors (Lipinski definition) is 2. The van der Waals surface area contributed by atoms with Crippen molar-refractivity contribution in [2.24, 2.45) is 0 Å². The van der Waals surface area contributed by atoms with Crippen LogP contribution in [0.3, 0.4) is 0 Å². The first-order valence-electron chi connectivity index (χ1n) is 10.2. The topological polar surface area (TPSA) is 126 Å². The Morgan fingerprint density at radius 2 is 2.10 bits per heavy atom. The van der Waals surface area contributed by atoms with Crippen molar-refractivity contribution < 1.29 is 14.0 Å². The number of rotatable bonds is 5. The first-order chi connectivity index (χ1) is 15.2. The number of aromatic nitrogens is 4. The summed E-state index contributed by atoms with van der Waals surface area (Å²) >= 11 is 0. The summed E-state index contributed by atoms with van der Waals surface area (Å²) in [5.74, 6) is 0.677. The first kappa shape index (κ1) is 19.3. The van der Waals surface area contributed by atoms with Gasteiger partial charge in [-0.25, -0.2) is 4.98 Å². The summed E-state index contributed by atoms with van der Waals surface area (Å²) in [5.41, 5.74) is 1.12. The lowest BCUT2D eigenvalue weighted by Gasteiger charge is -2.36. The highest BCUT2D eigenvalue weighted by atomic mass is 16.4. The Morgan fingerprint density at radius 1 is 1.23 bits per heavy atom. The molecule has 0 radical (unpaired) electrons. The number of piperazine rings is 1. The maximum Gasteiger partial charge on any atom is 0.271 e. The van der Waals surface area contributed by atoms with E-state index in [2.05, 4.69) is 35.7 Å². The van der Waals surface area contributed by atoms with Crippen molar-refractivity contribution >= 4 is 11.8 Å². The van der Waals surface area contributed by atoms with Gasteiger partial charge in [-0.3, -0.25) is 19.5 Å². The molecule has 5 rings (SSSR count). The molecule has 3 atom stereocenters. The van der Waals surface area contributed by atoms with Gasteiger partial charge in [-0.05, 0) is 18.6 Å². The van der Waals surface area contributed by atoms with E-state index in [9.17, 15) is 9.59 Å². The van der Waals surface area contributed by atoms with Crippen molar-refractivity contribution in [1.82, 2.24) is 35.7 Å². The Morgan fingerprint density at radius 3 is 2.90 bits per heavy atom. The normalized spacial score (nSPS) is 23.2. The molecule has 1 aromatic carbocycles. The molecule has 0 unspecified atom stereocenters. The van der Waals surface area contributed by atoms with Crippen molar-refractivity contribution in [3.05, 3.63) is 60.5 Å². The van der Waals surface area contributed by atoms with Gasteiger partial charge in [0.15, 0.2) is 0 Å². The van der Waals surface area contributed by atoms with Gasteiger partial charge < -0.3 is 15.1 Å². The van der Waals surface area contributed by atoms with Gasteiger partial charge in [0.2, 0.25) is 17.7 Å². The average Bonchev–Trinajstić information content (AvgIpc) is 3.45. The van der Waals surface area contributed by atoms with Gasteiger partial charge in [0.1, 0.15) is 5.69 Å². The van der Waals surface area contributed by atoms with E-state index in [0.29, 0.717) is 37.7 Å². The third-order valence-corrected chi connectivity index (χ3v) is 5.65. The lowest BCUT2D eigenvalue weighted by atomic mass is 10.1. The van der Waals surface area contributed by atoms with Crippen molar-refractivity contribution in [1.29, 1.82) is 0 Å². The van der Waals surface area contributed by atoms with Crippen LogP contribution >= 0.6 is 0 Å². The summed E-state index contributed by atoms with van der Waals surface area (Å²) in [5, 5.41) is 14.3. The number of hydrogen-bond acceptors (Lipinski definition) is 8. The average molecular weight is 419 g/mol. The Hall–Kier alpha value is -3.66. The van der Waals surface area contributed by atoms with Crippen molar-refractivity contribution in [3.63, 3.8) is 0 Å². The fourth-order valence-corrected chi connectivity index (χ4v) is 4.18. The number of amides is 2. The molecule has 31 heavy (non-hydrogen) atoms. The van der Waals surface area contributed by atoms with E-state index in [1.165, 1.54) is 18.6 Å². The third-order valence-electron chi connectivity index (χ3n) is 5.65. The third kappa shape index (κ3) is 4.02. The number of benzene rings is 1. The lowest BCUT2D eigenvalue weighted by molar-refractivity contribution is -0.129. The van der Waals surface area contributed by atoms with Crippen LogP contribution in [0, 0.1) is 0 Å². The van der Waals surface area contributed by atoms with Crippen LogP contribution in [0.4, 0.5) is 0 Å². The predicted octanol–water partition coefficient (Wildman–Crippen LogP) is 0.440. The number of carbonyl (C=O) groups excluding carboxylic acids is 2. The maximum absolute atomic E-state index is 12.4. The first-order valence-corrected chi connectivity index (χ1v) is 10.2. The van der Waals surface area contributed by atoms with Crippen LogP contribution in [0.1, 0.15) is 22.8 Å². The van der Waals surface area contributed by atoms with Gasteiger partial charge in [0, 0.05) is 49.6 Å². The smallest absolute Gasteiger partial charge is 0.271 e. The van der Waals surface area contributed by atoms with E-state index >= 15 is 0 Å². The molecule has 2 aliphatic heterocycles. The minimum atomic E-state index is -0.303. The molecular weight excluding hydrogens is 398 g/mol. The molecule has 2 aromatic heterocycles. The standard InChI is InChI=1S/C21H21N7O3/c29-19(16-11-22-6-7-23-16)25-14-8-17-20(30)24-10-15(28(17)12-14)9-18-26-27-21(31-18)13-4-2-1-3-5-13/h1-7,11,14-15,17H,8-10,12H2,(H,24,30)(H,25,29)/t14-,15+,17-/m0/s1. The van der Waals surface area contributed by atoms with E-state index in [4.69, 9.17) is 4.42 Å². The van der Waals surface area contributed by atoms with E-state index in [1.807, 2.05) is 30.3 Å². The number of nitrogens with zero attached hydrogens (tertiary/aromatic N) is 5. The Balaban J connectivity index is 1.26. The Kier molecular flexibility index (Phi) is 5.13. The predicted molar refractivity (Wildman–Crippen MR) is 109 cm³/mol. The zero-order valence-electron chi connectivity index (χ0n) is 16.6. The summed E-state index contributed by atoms with van der Waals surface area (Å²) in [6.45, 7) is 1.05. The van der Waals surface area contributed by atoms with Gasteiger partial charge >= 0.3 is 0 Å². The lowest BCUT2D eigenvalue weighted by Crippen LogP contribution is -2.58. The molecule has 2 aliphatic rings.